The molecule has 2 aromatic carbocycles. The van der Waals surface area contributed by atoms with Crippen LogP contribution in [0.1, 0.15) is 23.5 Å². The van der Waals surface area contributed by atoms with E-state index in [4.69, 9.17) is 23.7 Å². The number of hydrogen-bond donors (Lipinski definition) is 2. The Kier molecular flexibility index (Phi) is 5.16. The van der Waals surface area contributed by atoms with Crippen LogP contribution in [-0.2, 0) is 9.53 Å². The zero-order chi connectivity index (χ0) is 19.6. The molecule has 0 amide bonds. The maximum atomic E-state index is 12.0. The molecule has 0 bridgehead atoms. The number of hydrogen-bond acceptors (Lipinski definition) is 8. The minimum absolute atomic E-state index is 0.0548. The van der Waals surface area contributed by atoms with Crippen molar-refractivity contribution < 1.29 is 38.7 Å². The first-order valence-corrected chi connectivity index (χ1v) is 8.12. The Morgan fingerprint density at radius 3 is 2.19 bits per heavy atom. The van der Waals surface area contributed by atoms with Crippen molar-refractivity contribution in [2.45, 2.75) is 12.3 Å². The molecule has 0 saturated carbocycles. The van der Waals surface area contributed by atoms with E-state index < -0.39 is 11.9 Å². The standard InChI is InChI=1S/C19H20O8/c1-23-16-4-10(5-17(24-2)19(16)22)11(7-18(21)25-3)12-6-14-15(8-13(12)20)27-9-26-14/h4-6,8,11,20,22H,7,9H2,1-3H3/t11-/m0/s1. The van der Waals surface area contributed by atoms with Crippen LogP contribution < -0.4 is 18.9 Å². The normalized spacial score (nSPS) is 13.1. The van der Waals surface area contributed by atoms with Gasteiger partial charge >= 0.3 is 5.97 Å². The molecule has 1 aliphatic heterocycles. The van der Waals surface area contributed by atoms with Gasteiger partial charge in [0, 0.05) is 17.5 Å². The lowest BCUT2D eigenvalue weighted by molar-refractivity contribution is -0.140. The van der Waals surface area contributed by atoms with Crippen molar-refractivity contribution in [3.05, 3.63) is 35.4 Å². The van der Waals surface area contributed by atoms with Crippen LogP contribution in [0.15, 0.2) is 24.3 Å². The molecule has 2 aromatic rings. The Balaban J connectivity index is 2.14. The first kappa shape index (κ1) is 18.5. The molecular weight excluding hydrogens is 356 g/mol. The Morgan fingerprint density at radius 1 is 1.04 bits per heavy atom. The summed E-state index contributed by atoms with van der Waals surface area (Å²) in [7, 11) is 4.11. The van der Waals surface area contributed by atoms with Crippen LogP contribution in [0.2, 0.25) is 0 Å². The summed E-state index contributed by atoms with van der Waals surface area (Å²) in [4.78, 5) is 12.0. The van der Waals surface area contributed by atoms with Gasteiger partial charge in [0.25, 0.3) is 0 Å². The van der Waals surface area contributed by atoms with Gasteiger partial charge in [0.15, 0.2) is 23.0 Å². The van der Waals surface area contributed by atoms with E-state index in [0.717, 1.165) is 0 Å². The predicted octanol–water partition coefficient (Wildman–Crippen LogP) is 2.54. The van der Waals surface area contributed by atoms with Gasteiger partial charge in [-0.25, -0.2) is 0 Å². The van der Waals surface area contributed by atoms with Gasteiger partial charge in [0.2, 0.25) is 12.5 Å². The fourth-order valence-corrected chi connectivity index (χ4v) is 3.00. The first-order valence-electron chi connectivity index (χ1n) is 8.12. The van der Waals surface area contributed by atoms with Crippen molar-refractivity contribution in [1.82, 2.24) is 0 Å². The summed E-state index contributed by atoms with van der Waals surface area (Å²) in [5, 5.41) is 20.6. The van der Waals surface area contributed by atoms with E-state index in [2.05, 4.69) is 0 Å². The number of phenols is 2. The third-order valence-corrected chi connectivity index (χ3v) is 4.40. The van der Waals surface area contributed by atoms with Crippen LogP contribution in [0.3, 0.4) is 0 Å². The number of rotatable bonds is 6. The Morgan fingerprint density at radius 2 is 1.63 bits per heavy atom. The highest BCUT2D eigenvalue weighted by molar-refractivity contribution is 5.72. The lowest BCUT2D eigenvalue weighted by atomic mass is 9.87. The first-order chi connectivity index (χ1) is 13.0. The second-order valence-electron chi connectivity index (χ2n) is 5.87. The quantitative estimate of drug-likeness (QED) is 0.742. The van der Waals surface area contributed by atoms with E-state index in [-0.39, 0.29) is 36.2 Å². The highest BCUT2D eigenvalue weighted by atomic mass is 16.7. The van der Waals surface area contributed by atoms with Crippen LogP contribution >= 0.6 is 0 Å². The molecule has 8 heteroatoms. The number of carbonyl (C=O) groups excluding carboxylic acids is 1. The number of fused-ring (bicyclic) bond motifs is 1. The van der Waals surface area contributed by atoms with Crippen LogP contribution in [0.5, 0.6) is 34.5 Å². The largest absolute Gasteiger partial charge is 0.508 e. The molecule has 1 aliphatic rings. The molecule has 0 aliphatic carbocycles. The second kappa shape index (κ2) is 7.53. The van der Waals surface area contributed by atoms with Crippen molar-refractivity contribution in [2.75, 3.05) is 28.1 Å². The van der Waals surface area contributed by atoms with E-state index >= 15 is 0 Å². The number of methoxy groups -OCH3 is 3. The van der Waals surface area contributed by atoms with Crippen molar-refractivity contribution in [1.29, 1.82) is 0 Å². The molecule has 0 unspecified atom stereocenters. The lowest BCUT2D eigenvalue weighted by Crippen LogP contribution is -2.11. The van der Waals surface area contributed by atoms with Crippen LogP contribution in [-0.4, -0.2) is 44.3 Å². The summed E-state index contributed by atoms with van der Waals surface area (Å²) < 4.78 is 25.8. The molecule has 3 rings (SSSR count). The van der Waals surface area contributed by atoms with Crippen molar-refractivity contribution >= 4 is 5.97 Å². The summed E-state index contributed by atoms with van der Waals surface area (Å²) in [6.07, 6.45) is -0.0548. The van der Waals surface area contributed by atoms with Crippen molar-refractivity contribution in [2.24, 2.45) is 0 Å². The second-order valence-corrected chi connectivity index (χ2v) is 5.87. The number of phenolic OH excluding ortho intramolecular Hbond substituents is 2. The average Bonchev–Trinajstić information content (AvgIpc) is 3.12. The van der Waals surface area contributed by atoms with E-state index in [1.54, 1.807) is 18.2 Å². The maximum absolute atomic E-state index is 12.0. The van der Waals surface area contributed by atoms with Gasteiger partial charge in [-0.15, -0.1) is 0 Å². The summed E-state index contributed by atoms with van der Waals surface area (Å²) in [5.74, 6) is -0.0312. The Labute approximate surface area is 155 Å². The topological polar surface area (TPSA) is 104 Å². The molecule has 1 atom stereocenters. The third kappa shape index (κ3) is 3.51. The number of aromatic hydroxyl groups is 2. The molecule has 2 N–H and O–H groups in total. The number of benzene rings is 2. The number of esters is 1. The van der Waals surface area contributed by atoms with Gasteiger partial charge in [-0.05, 0) is 23.8 Å². The third-order valence-electron chi connectivity index (χ3n) is 4.40. The summed E-state index contributed by atoms with van der Waals surface area (Å²) in [6, 6.07) is 6.22. The monoisotopic (exact) mass is 376 g/mol. The lowest BCUT2D eigenvalue weighted by Gasteiger charge is -2.20. The summed E-state index contributed by atoms with van der Waals surface area (Å²) >= 11 is 0. The number of carbonyl (C=O) groups is 1. The fourth-order valence-electron chi connectivity index (χ4n) is 3.00. The molecule has 27 heavy (non-hydrogen) atoms. The molecular formula is C19H20O8. The molecule has 0 spiro atoms. The van der Waals surface area contributed by atoms with E-state index in [0.29, 0.717) is 22.6 Å². The van der Waals surface area contributed by atoms with Crippen molar-refractivity contribution in [3.8, 4) is 34.5 Å². The van der Waals surface area contributed by atoms with Gasteiger partial charge in [-0.2, -0.15) is 0 Å². The van der Waals surface area contributed by atoms with Crippen LogP contribution in [0.4, 0.5) is 0 Å². The van der Waals surface area contributed by atoms with Gasteiger partial charge in [0.1, 0.15) is 5.75 Å². The zero-order valence-electron chi connectivity index (χ0n) is 15.1. The van der Waals surface area contributed by atoms with Gasteiger partial charge < -0.3 is 33.9 Å². The van der Waals surface area contributed by atoms with E-state index in [9.17, 15) is 15.0 Å². The number of ether oxygens (including phenoxy) is 5. The highest BCUT2D eigenvalue weighted by Crippen LogP contribution is 2.46. The predicted molar refractivity (Wildman–Crippen MR) is 93.9 cm³/mol. The smallest absolute Gasteiger partial charge is 0.306 e. The van der Waals surface area contributed by atoms with Crippen LogP contribution in [0.25, 0.3) is 0 Å². The fraction of sp³-hybridized carbons (Fsp3) is 0.316. The maximum Gasteiger partial charge on any atom is 0.306 e. The SMILES string of the molecule is COC(=O)C[C@@H](c1cc(OC)c(O)c(OC)c1)c1cc2c(cc1O)OCO2. The van der Waals surface area contributed by atoms with Crippen molar-refractivity contribution in [3.63, 3.8) is 0 Å². The molecule has 0 fully saturated rings. The van der Waals surface area contributed by atoms with Crippen LogP contribution in [0, 0.1) is 0 Å². The molecule has 144 valence electrons. The summed E-state index contributed by atoms with van der Waals surface area (Å²) in [6.45, 7) is 0.0563. The minimum Gasteiger partial charge on any atom is -0.508 e. The van der Waals surface area contributed by atoms with E-state index in [1.807, 2.05) is 0 Å². The molecule has 0 aromatic heterocycles. The van der Waals surface area contributed by atoms with Gasteiger partial charge in [0.05, 0.1) is 27.8 Å². The Bertz CT molecular complexity index is 836. The molecule has 0 saturated heterocycles. The highest BCUT2D eigenvalue weighted by Gasteiger charge is 2.27. The molecule has 1 heterocycles. The van der Waals surface area contributed by atoms with E-state index in [1.165, 1.54) is 27.4 Å². The Hall–Kier alpha value is -3.29. The minimum atomic E-state index is -0.602. The average molecular weight is 376 g/mol. The van der Waals surface area contributed by atoms with Gasteiger partial charge in [-0.1, -0.05) is 0 Å². The molecule has 0 radical (unpaired) electrons. The van der Waals surface area contributed by atoms with Gasteiger partial charge in [-0.3, -0.25) is 4.79 Å². The molecule has 8 nitrogen and oxygen atoms in total. The zero-order valence-corrected chi connectivity index (χ0v) is 15.1. The summed E-state index contributed by atoms with van der Waals surface area (Å²) in [5.41, 5.74) is 1.03.